The summed E-state index contributed by atoms with van der Waals surface area (Å²) in [6, 6.07) is 9.49. The molecule has 10 heteroatoms. The van der Waals surface area contributed by atoms with E-state index in [2.05, 4.69) is 10.6 Å². The van der Waals surface area contributed by atoms with Crippen LogP contribution in [0.1, 0.15) is 34.5 Å². The Morgan fingerprint density at radius 3 is 1.64 bits per heavy atom. The Kier molecular flexibility index (Phi) is 8.42. The number of carbonyl (C=O) groups excluding carboxylic acids is 2. The van der Waals surface area contributed by atoms with Crippen molar-refractivity contribution in [3.8, 4) is 0 Å². The summed E-state index contributed by atoms with van der Waals surface area (Å²) in [6.45, 7) is 0.689. The van der Waals surface area contributed by atoms with Crippen LogP contribution in [0.2, 0.25) is 0 Å². The highest BCUT2D eigenvalue weighted by atomic mass is 19.1. The first kappa shape index (κ1) is 25.9. The number of carbonyl (C=O) groups is 2. The lowest BCUT2D eigenvalue weighted by Gasteiger charge is -2.32. The number of hydrogen-bond acceptors (Lipinski definition) is 8. The van der Waals surface area contributed by atoms with Gasteiger partial charge < -0.3 is 18.9 Å². The number of benzene rings is 2. The zero-order chi connectivity index (χ0) is 25.7. The summed E-state index contributed by atoms with van der Waals surface area (Å²) in [7, 11) is 3.10. The third-order valence-corrected chi connectivity index (χ3v) is 6.15. The number of fused-ring (bicyclic) bond motifs is 2. The van der Waals surface area contributed by atoms with Crippen molar-refractivity contribution in [2.24, 2.45) is 0 Å². The molecule has 0 saturated carbocycles. The van der Waals surface area contributed by atoms with E-state index >= 15 is 0 Å². The molecule has 192 valence electrons. The molecule has 2 N–H and O–H groups in total. The first-order valence-corrected chi connectivity index (χ1v) is 11.6. The van der Waals surface area contributed by atoms with Gasteiger partial charge in [0, 0.05) is 23.3 Å². The SMILES string of the molecule is CN[C@H](OC(=O)/C=C/C(=O)O[C@@H](NC)C1OCCc2cccc(F)c21)C1OCCc2cccc(F)c21. The zero-order valence-electron chi connectivity index (χ0n) is 20.0. The highest BCUT2D eigenvalue weighted by Gasteiger charge is 2.34. The van der Waals surface area contributed by atoms with Gasteiger partial charge in [-0.25, -0.2) is 18.4 Å². The predicted octanol–water partition coefficient (Wildman–Crippen LogP) is 2.63. The Morgan fingerprint density at radius 1 is 0.833 bits per heavy atom. The maximum atomic E-state index is 14.5. The van der Waals surface area contributed by atoms with Crippen LogP contribution in [0.5, 0.6) is 0 Å². The van der Waals surface area contributed by atoms with E-state index in [-0.39, 0.29) is 0 Å². The van der Waals surface area contributed by atoms with Crippen LogP contribution < -0.4 is 10.6 Å². The summed E-state index contributed by atoms with van der Waals surface area (Å²) in [4.78, 5) is 24.9. The topological polar surface area (TPSA) is 95.1 Å². The van der Waals surface area contributed by atoms with Gasteiger partial charge in [-0.2, -0.15) is 0 Å². The number of rotatable bonds is 8. The minimum absolute atomic E-state index is 0.330. The minimum atomic E-state index is -0.991. The number of esters is 2. The van der Waals surface area contributed by atoms with Crippen LogP contribution in [0.15, 0.2) is 48.6 Å². The second-order valence-corrected chi connectivity index (χ2v) is 8.33. The third-order valence-electron chi connectivity index (χ3n) is 6.15. The molecule has 2 unspecified atom stereocenters. The Morgan fingerprint density at radius 2 is 1.25 bits per heavy atom. The lowest BCUT2D eigenvalue weighted by Crippen LogP contribution is -2.40. The van der Waals surface area contributed by atoms with Gasteiger partial charge in [-0.1, -0.05) is 24.3 Å². The van der Waals surface area contributed by atoms with Crippen molar-refractivity contribution in [3.63, 3.8) is 0 Å². The number of hydrogen-bond donors (Lipinski definition) is 2. The molecule has 0 spiro atoms. The fourth-order valence-corrected chi connectivity index (χ4v) is 4.48. The Balaban J connectivity index is 1.39. The normalized spacial score (nSPS) is 20.8. The predicted molar refractivity (Wildman–Crippen MR) is 125 cm³/mol. The Labute approximate surface area is 207 Å². The van der Waals surface area contributed by atoms with E-state index in [4.69, 9.17) is 18.9 Å². The molecule has 2 aliphatic rings. The number of likely N-dealkylation sites (N-methyl/N-ethyl adjacent to an activating group) is 2. The molecular formula is C26H28F2N2O6. The van der Waals surface area contributed by atoms with Gasteiger partial charge in [0.2, 0.25) is 0 Å². The van der Waals surface area contributed by atoms with E-state index in [1.165, 1.54) is 12.1 Å². The highest BCUT2D eigenvalue weighted by molar-refractivity contribution is 5.91. The Hall–Kier alpha value is -3.18. The van der Waals surface area contributed by atoms with Crippen LogP contribution in [0, 0.1) is 11.6 Å². The maximum Gasteiger partial charge on any atom is 0.332 e. The average Bonchev–Trinajstić information content (AvgIpc) is 2.89. The third kappa shape index (κ3) is 5.62. The molecule has 0 amide bonds. The van der Waals surface area contributed by atoms with Crippen LogP contribution in [0.4, 0.5) is 8.78 Å². The quantitative estimate of drug-likeness (QED) is 0.323. The minimum Gasteiger partial charge on any atom is -0.440 e. The molecule has 0 aromatic heterocycles. The molecule has 2 aliphatic heterocycles. The van der Waals surface area contributed by atoms with Crippen molar-refractivity contribution >= 4 is 11.9 Å². The first-order chi connectivity index (χ1) is 17.4. The van der Waals surface area contributed by atoms with Crippen molar-refractivity contribution < 1.29 is 37.3 Å². The van der Waals surface area contributed by atoms with Gasteiger partial charge in [0.15, 0.2) is 12.5 Å². The van der Waals surface area contributed by atoms with Crippen LogP contribution in [-0.4, -0.2) is 51.7 Å². The fraction of sp³-hybridized carbons (Fsp3) is 0.385. The molecule has 36 heavy (non-hydrogen) atoms. The molecule has 2 aromatic carbocycles. The van der Waals surface area contributed by atoms with Gasteiger partial charge in [0.05, 0.1) is 13.2 Å². The van der Waals surface area contributed by atoms with Gasteiger partial charge in [-0.3, -0.25) is 10.6 Å². The lowest BCUT2D eigenvalue weighted by molar-refractivity contribution is -0.158. The summed E-state index contributed by atoms with van der Waals surface area (Å²) >= 11 is 0. The van der Waals surface area contributed by atoms with Gasteiger partial charge in [0.25, 0.3) is 0 Å². The first-order valence-electron chi connectivity index (χ1n) is 11.6. The van der Waals surface area contributed by atoms with E-state index < -0.39 is 48.2 Å². The summed E-state index contributed by atoms with van der Waals surface area (Å²) < 4.78 is 51.1. The van der Waals surface area contributed by atoms with Crippen molar-refractivity contribution in [2.75, 3.05) is 27.3 Å². The zero-order valence-corrected chi connectivity index (χ0v) is 20.0. The summed E-state index contributed by atoms with van der Waals surface area (Å²) in [5.41, 5.74) is 2.22. The van der Waals surface area contributed by atoms with E-state index in [1.54, 1.807) is 38.4 Å². The largest absolute Gasteiger partial charge is 0.440 e. The number of halogens is 2. The lowest BCUT2D eigenvalue weighted by atomic mass is 9.96. The molecule has 4 atom stereocenters. The van der Waals surface area contributed by atoms with E-state index in [1.807, 2.05) is 0 Å². The fourth-order valence-electron chi connectivity index (χ4n) is 4.48. The molecule has 8 nitrogen and oxygen atoms in total. The number of nitrogens with one attached hydrogen (secondary N) is 2. The Bertz CT molecular complexity index is 1050. The van der Waals surface area contributed by atoms with Crippen molar-refractivity contribution in [1.29, 1.82) is 0 Å². The van der Waals surface area contributed by atoms with Crippen molar-refractivity contribution in [1.82, 2.24) is 10.6 Å². The summed E-state index contributed by atoms with van der Waals surface area (Å²) in [6.07, 6.45) is -0.783. The monoisotopic (exact) mass is 502 g/mol. The smallest absolute Gasteiger partial charge is 0.332 e. The second kappa shape index (κ2) is 11.7. The van der Waals surface area contributed by atoms with Crippen LogP contribution in [-0.2, 0) is 41.4 Å². The standard InChI is InChI=1S/C26H28F2N2O6/c1-29-25(23-21-15(11-13-33-23)5-3-7-17(21)27)35-19(31)9-10-20(32)36-26(30-2)24-22-16(12-14-34-24)6-4-8-18(22)28/h3-10,23-26,29-30H,11-14H2,1-2H3/b10-9+/t23?,24?,25-,26-/m1/s1. The molecule has 0 radical (unpaired) electrons. The average molecular weight is 503 g/mol. The van der Waals surface area contributed by atoms with Crippen molar-refractivity contribution in [3.05, 3.63) is 82.4 Å². The molecular weight excluding hydrogens is 474 g/mol. The van der Waals surface area contributed by atoms with Crippen LogP contribution in [0.3, 0.4) is 0 Å². The molecule has 2 aromatic rings. The summed E-state index contributed by atoms with van der Waals surface area (Å²) in [5.74, 6) is -2.61. The van der Waals surface area contributed by atoms with E-state index in [9.17, 15) is 18.4 Å². The van der Waals surface area contributed by atoms with E-state index in [0.29, 0.717) is 37.2 Å². The van der Waals surface area contributed by atoms with Crippen LogP contribution >= 0.6 is 0 Å². The second-order valence-electron chi connectivity index (χ2n) is 8.33. The van der Waals surface area contributed by atoms with Crippen molar-refractivity contribution in [2.45, 2.75) is 37.5 Å². The summed E-state index contributed by atoms with van der Waals surface area (Å²) in [5, 5.41) is 5.62. The van der Waals surface area contributed by atoms with Gasteiger partial charge in [0.1, 0.15) is 23.8 Å². The molecule has 0 aliphatic carbocycles. The van der Waals surface area contributed by atoms with Gasteiger partial charge in [-0.15, -0.1) is 0 Å². The van der Waals surface area contributed by atoms with Crippen LogP contribution in [0.25, 0.3) is 0 Å². The highest BCUT2D eigenvalue weighted by Crippen LogP contribution is 2.33. The molecule has 4 rings (SSSR count). The van der Waals surface area contributed by atoms with Gasteiger partial charge in [-0.05, 0) is 50.2 Å². The van der Waals surface area contributed by atoms with E-state index in [0.717, 1.165) is 23.3 Å². The molecule has 0 bridgehead atoms. The van der Waals surface area contributed by atoms with Gasteiger partial charge >= 0.3 is 11.9 Å². The maximum absolute atomic E-state index is 14.5. The molecule has 0 saturated heterocycles. The number of ether oxygens (including phenoxy) is 4. The molecule has 0 fully saturated rings. The molecule has 2 heterocycles.